The standard InChI is InChI=1S/C6H4BrFN4/c1-3-2-12-5(4(8)9-3)10-6(7)11-12/h2H,1H3. The second-order valence-electron chi connectivity index (χ2n) is 2.32. The lowest BCUT2D eigenvalue weighted by atomic mass is 10.5. The summed E-state index contributed by atoms with van der Waals surface area (Å²) in [5.74, 6) is -0.604. The van der Waals surface area contributed by atoms with Gasteiger partial charge in [-0.25, -0.2) is 9.50 Å². The number of aryl methyl sites for hydroxylation is 1. The Morgan fingerprint density at radius 3 is 3.00 bits per heavy atom. The van der Waals surface area contributed by atoms with Crippen molar-refractivity contribution in [1.82, 2.24) is 19.6 Å². The third kappa shape index (κ3) is 1.08. The first-order chi connectivity index (χ1) is 5.66. The van der Waals surface area contributed by atoms with Gasteiger partial charge in [-0.2, -0.15) is 9.37 Å². The van der Waals surface area contributed by atoms with Gasteiger partial charge in [0.05, 0.1) is 11.9 Å². The second kappa shape index (κ2) is 2.48. The number of halogens is 2. The Bertz CT molecular complexity index is 438. The molecule has 12 heavy (non-hydrogen) atoms. The van der Waals surface area contributed by atoms with E-state index in [-0.39, 0.29) is 5.65 Å². The van der Waals surface area contributed by atoms with E-state index >= 15 is 0 Å². The maximum atomic E-state index is 13.0. The van der Waals surface area contributed by atoms with Crippen LogP contribution in [0.15, 0.2) is 10.9 Å². The SMILES string of the molecule is Cc1cn2nc(Br)nc2c(F)n1. The second-order valence-corrected chi connectivity index (χ2v) is 3.03. The van der Waals surface area contributed by atoms with Crippen molar-refractivity contribution in [3.63, 3.8) is 0 Å². The average Bonchev–Trinajstić information content (AvgIpc) is 2.29. The number of aromatic nitrogens is 4. The molecule has 0 unspecified atom stereocenters. The van der Waals surface area contributed by atoms with E-state index in [9.17, 15) is 4.39 Å². The first-order valence-corrected chi connectivity index (χ1v) is 4.01. The highest BCUT2D eigenvalue weighted by Crippen LogP contribution is 2.09. The molecule has 0 aliphatic rings. The molecule has 0 bridgehead atoms. The van der Waals surface area contributed by atoms with Gasteiger partial charge >= 0.3 is 0 Å². The van der Waals surface area contributed by atoms with Gasteiger partial charge in [0, 0.05) is 0 Å². The molecule has 0 spiro atoms. The monoisotopic (exact) mass is 230 g/mol. The smallest absolute Gasteiger partial charge is 0.220 e. The molecular formula is C6H4BrFN4. The van der Waals surface area contributed by atoms with E-state index < -0.39 is 5.95 Å². The molecule has 0 N–H and O–H groups in total. The van der Waals surface area contributed by atoms with Crippen LogP contribution in [-0.2, 0) is 0 Å². The zero-order valence-corrected chi connectivity index (χ0v) is 7.71. The molecule has 6 heteroatoms. The number of nitrogens with zero attached hydrogens (tertiary/aromatic N) is 4. The Kier molecular flexibility index (Phi) is 1.57. The van der Waals surface area contributed by atoms with Crippen LogP contribution >= 0.6 is 15.9 Å². The van der Waals surface area contributed by atoms with Gasteiger partial charge in [0.2, 0.25) is 10.4 Å². The zero-order chi connectivity index (χ0) is 8.72. The summed E-state index contributed by atoms with van der Waals surface area (Å²) in [6.07, 6.45) is 1.61. The fourth-order valence-electron chi connectivity index (χ4n) is 0.939. The maximum Gasteiger partial charge on any atom is 0.258 e. The molecule has 0 aliphatic heterocycles. The minimum Gasteiger partial charge on any atom is -0.220 e. The molecular weight excluding hydrogens is 227 g/mol. The van der Waals surface area contributed by atoms with Gasteiger partial charge in [-0.3, -0.25) is 0 Å². The highest BCUT2D eigenvalue weighted by atomic mass is 79.9. The Hall–Kier alpha value is -1.04. The van der Waals surface area contributed by atoms with Crippen LogP contribution in [0.1, 0.15) is 5.69 Å². The van der Waals surface area contributed by atoms with E-state index in [0.717, 1.165) is 0 Å². The van der Waals surface area contributed by atoms with Gasteiger partial charge in [-0.1, -0.05) is 0 Å². The van der Waals surface area contributed by atoms with Crippen LogP contribution in [0, 0.1) is 12.9 Å². The molecule has 0 aromatic carbocycles. The zero-order valence-electron chi connectivity index (χ0n) is 6.12. The minimum absolute atomic E-state index is 0.132. The average molecular weight is 231 g/mol. The third-order valence-corrected chi connectivity index (χ3v) is 1.71. The highest BCUT2D eigenvalue weighted by Gasteiger charge is 2.07. The molecule has 2 aromatic heterocycles. The van der Waals surface area contributed by atoms with Crippen molar-refractivity contribution >= 4 is 21.6 Å². The molecule has 0 amide bonds. The summed E-state index contributed by atoms with van der Waals surface area (Å²) in [6, 6.07) is 0. The van der Waals surface area contributed by atoms with Crippen molar-refractivity contribution in [3.8, 4) is 0 Å². The van der Waals surface area contributed by atoms with Crippen LogP contribution in [0.25, 0.3) is 5.65 Å². The number of hydrogen-bond donors (Lipinski definition) is 0. The Morgan fingerprint density at radius 1 is 1.50 bits per heavy atom. The molecule has 0 radical (unpaired) electrons. The molecule has 4 nitrogen and oxygen atoms in total. The minimum atomic E-state index is -0.604. The Balaban J connectivity index is 2.88. The fraction of sp³-hybridized carbons (Fsp3) is 0.167. The van der Waals surface area contributed by atoms with E-state index in [2.05, 4.69) is 31.0 Å². The first-order valence-electron chi connectivity index (χ1n) is 3.22. The quantitative estimate of drug-likeness (QED) is 0.686. The van der Waals surface area contributed by atoms with Crippen LogP contribution in [0.5, 0.6) is 0 Å². The fourth-order valence-corrected chi connectivity index (χ4v) is 1.28. The van der Waals surface area contributed by atoms with E-state index in [4.69, 9.17) is 0 Å². The van der Waals surface area contributed by atoms with Crippen molar-refractivity contribution in [3.05, 3.63) is 22.6 Å². The molecule has 0 saturated heterocycles. The lowest BCUT2D eigenvalue weighted by Crippen LogP contribution is -1.96. The van der Waals surface area contributed by atoms with Gasteiger partial charge in [0.25, 0.3) is 5.95 Å². The predicted molar refractivity (Wildman–Crippen MR) is 43.2 cm³/mol. The van der Waals surface area contributed by atoms with Crippen molar-refractivity contribution in [2.45, 2.75) is 6.92 Å². The lowest BCUT2D eigenvalue weighted by Gasteiger charge is -1.93. The summed E-state index contributed by atoms with van der Waals surface area (Å²) in [5, 5.41) is 3.88. The van der Waals surface area contributed by atoms with Crippen molar-refractivity contribution < 1.29 is 4.39 Å². The summed E-state index contributed by atoms with van der Waals surface area (Å²) < 4.78 is 14.7. The maximum absolute atomic E-state index is 13.0. The molecule has 62 valence electrons. The normalized spacial score (nSPS) is 10.9. The topological polar surface area (TPSA) is 43.1 Å². The first kappa shape index (κ1) is 7.60. The number of fused-ring (bicyclic) bond motifs is 1. The van der Waals surface area contributed by atoms with Crippen LogP contribution in [0.3, 0.4) is 0 Å². The van der Waals surface area contributed by atoms with Gasteiger partial charge in [0.15, 0.2) is 0 Å². The highest BCUT2D eigenvalue weighted by molar-refractivity contribution is 9.10. The third-order valence-electron chi connectivity index (χ3n) is 1.37. The largest absolute Gasteiger partial charge is 0.258 e. The van der Waals surface area contributed by atoms with Crippen LogP contribution in [0.2, 0.25) is 0 Å². The van der Waals surface area contributed by atoms with Crippen LogP contribution in [-0.4, -0.2) is 19.6 Å². The molecule has 2 rings (SSSR count). The molecule has 0 saturated carbocycles. The number of rotatable bonds is 0. The van der Waals surface area contributed by atoms with Crippen molar-refractivity contribution in [1.29, 1.82) is 0 Å². The van der Waals surface area contributed by atoms with Gasteiger partial charge < -0.3 is 0 Å². The molecule has 0 fully saturated rings. The predicted octanol–water partition coefficient (Wildman–Crippen LogP) is 1.33. The number of hydrogen-bond acceptors (Lipinski definition) is 3. The van der Waals surface area contributed by atoms with E-state index in [1.807, 2.05) is 0 Å². The van der Waals surface area contributed by atoms with Gasteiger partial charge in [-0.05, 0) is 22.9 Å². The van der Waals surface area contributed by atoms with Crippen LogP contribution in [0.4, 0.5) is 4.39 Å². The van der Waals surface area contributed by atoms with Gasteiger partial charge in [-0.15, -0.1) is 5.10 Å². The van der Waals surface area contributed by atoms with E-state index in [1.165, 1.54) is 4.52 Å². The molecule has 0 atom stereocenters. The van der Waals surface area contributed by atoms with Crippen molar-refractivity contribution in [2.75, 3.05) is 0 Å². The molecule has 0 aliphatic carbocycles. The van der Waals surface area contributed by atoms with Crippen molar-refractivity contribution in [2.24, 2.45) is 0 Å². The summed E-state index contributed by atoms with van der Waals surface area (Å²) in [4.78, 5) is 7.39. The lowest BCUT2D eigenvalue weighted by molar-refractivity contribution is 0.579. The summed E-state index contributed by atoms with van der Waals surface area (Å²) >= 11 is 3.05. The van der Waals surface area contributed by atoms with E-state index in [1.54, 1.807) is 13.1 Å². The summed E-state index contributed by atoms with van der Waals surface area (Å²) in [6.45, 7) is 1.69. The Labute approximate surface area is 75.6 Å². The molecule has 2 heterocycles. The van der Waals surface area contributed by atoms with Crippen LogP contribution < -0.4 is 0 Å². The summed E-state index contributed by atoms with van der Waals surface area (Å²) in [7, 11) is 0. The summed E-state index contributed by atoms with van der Waals surface area (Å²) in [5.41, 5.74) is 0.699. The Morgan fingerprint density at radius 2 is 2.25 bits per heavy atom. The van der Waals surface area contributed by atoms with Gasteiger partial charge in [0.1, 0.15) is 0 Å². The molecule has 2 aromatic rings. The van der Waals surface area contributed by atoms with E-state index in [0.29, 0.717) is 10.4 Å².